The van der Waals surface area contributed by atoms with Gasteiger partial charge in [0.25, 0.3) is 0 Å². The normalized spacial score (nSPS) is 25.7. The highest BCUT2D eigenvalue weighted by Gasteiger charge is 2.39. The first-order valence-electron chi connectivity index (χ1n) is 11.3. The minimum Gasteiger partial charge on any atom is -0.423 e. The predicted molar refractivity (Wildman–Crippen MR) is 108 cm³/mol. The molecule has 3 fully saturated rings. The number of amides is 1. The van der Waals surface area contributed by atoms with Crippen LogP contribution in [0.5, 0.6) is 0 Å². The summed E-state index contributed by atoms with van der Waals surface area (Å²) in [5.74, 6) is 2.88. The highest BCUT2D eigenvalue weighted by atomic mass is 16.4. The Hall–Kier alpha value is -1.43. The van der Waals surface area contributed by atoms with Crippen molar-refractivity contribution in [1.82, 2.24) is 20.0 Å². The zero-order chi connectivity index (χ0) is 19.7. The molecule has 1 aliphatic carbocycles. The number of rotatable bonds is 4. The number of nitrogens with zero attached hydrogens (tertiary/aromatic N) is 4. The Morgan fingerprint density at radius 1 is 1.00 bits per heavy atom. The summed E-state index contributed by atoms with van der Waals surface area (Å²) in [4.78, 5) is 17.6. The van der Waals surface area contributed by atoms with Gasteiger partial charge in [0.1, 0.15) is 0 Å². The SMILES string of the molecule is CC(C)(C)c1nnc(CN2CCC(C3CCCCCN3C(=O)C3CC3)CC2)o1. The lowest BCUT2D eigenvalue weighted by Crippen LogP contribution is -2.48. The molecule has 1 unspecified atom stereocenters. The first-order chi connectivity index (χ1) is 13.4. The van der Waals surface area contributed by atoms with E-state index in [4.69, 9.17) is 4.42 Å². The number of carbonyl (C=O) groups excluding carboxylic acids is 1. The topological polar surface area (TPSA) is 62.5 Å². The summed E-state index contributed by atoms with van der Waals surface area (Å²) in [5, 5.41) is 8.46. The number of aromatic nitrogens is 2. The van der Waals surface area contributed by atoms with E-state index in [-0.39, 0.29) is 5.41 Å². The summed E-state index contributed by atoms with van der Waals surface area (Å²) in [6.45, 7) is 10.1. The Kier molecular flexibility index (Phi) is 5.77. The molecule has 6 nitrogen and oxygen atoms in total. The molecule has 2 aliphatic heterocycles. The van der Waals surface area contributed by atoms with Crippen molar-refractivity contribution in [2.45, 2.75) is 90.1 Å². The van der Waals surface area contributed by atoms with Crippen LogP contribution in [0, 0.1) is 11.8 Å². The van der Waals surface area contributed by atoms with Crippen LogP contribution >= 0.6 is 0 Å². The number of hydrogen-bond acceptors (Lipinski definition) is 5. The van der Waals surface area contributed by atoms with Gasteiger partial charge >= 0.3 is 0 Å². The van der Waals surface area contributed by atoms with Crippen molar-refractivity contribution in [2.24, 2.45) is 11.8 Å². The fourth-order valence-electron chi connectivity index (χ4n) is 4.77. The van der Waals surface area contributed by atoms with Crippen molar-refractivity contribution >= 4 is 5.91 Å². The van der Waals surface area contributed by atoms with E-state index in [1.807, 2.05) is 0 Å². The van der Waals surface area contributed by atoms with E-state index >= 15 is 0 Å². The van der Waals surface area contributed by atoms with E-state index in [9.17, 15) is 4.79 Å². The maximum absolute atomic E-state index is 12.8. The monoisotopic (exact) mass is 388 g/mol. The summed E-state index contributed by atoms with van der Waals surface area (Å²) < 4.78 is 5.88. The van der Waals surface area contributed by atoms with E-state index in [1.54, 1.807) is 0 Å². The van der Waals surface area contributed by atoms with E-state index in [0.29, 0.717) is 29.7 Å². The molecule has 4 rings (SSSR count). The quantitative estimate of drug-likeness (QED) is 0.786. The average molecular weight is 389 g/mol. The second kappa shape index (κ2) is 8.13. The molecule has 0 aromatic carbocycles. The largest absolute Gasteiger partial charge is 0.423 e. The van der Waals surface area contributed by atoms with Crippen LogP contribution in [0.4, 0.5) is 0 Å². The summed E-state index contributed by atoms with van der Waals surface area (Å²) >= 11 is 0. The van der Waals surface area contributed by atoms with E-state index in [0.717, 1.165) is 44.9 Å². The fourth-order valence-corrected chi connectivity index (χ4v) is 4.77. The lowest BCUT2D eigenvalue weighted by Gasteiger charge is -2.40. The Balaban J connectivity index is 1.33. The van der Waals surface area contributed by atoms with Crippen molar-refractivity contribution in [3.8, 4) is 0 Å². The van der Waals surface area contributed by atoms with Gasteiger partial charge < -0.3 is 9.32 Å². The Bertz CT molecular complexity index is 668. The second-order valence-electron chi connectivity index (χ2n) is 10.1. The third-order valence-corrected chi connectivity index (χ3v) is 6.65. The van der Waals surface area contributed by atoms with Crippen LogP contribution in [-0.4, -0.2) is 51.6 Å². The molecule has 3 aliphatic rings. The summed E-state index contributed by atoms with van der Waals surface area (Å²) in [6, 6.07) is 0.466. The molecule has 156 valence electrons. The molecule has 2 saturated heterocycles. The molecule has 6 heteroatoms. The van der Waals surface area contributed by atoms with Gasteiger partial charge in [0.15, 0.2) is 0 Å². The van der Waals surface area contributed by atoms with Crippen molar-refractivity contribution in [1.29, 1.82) is 0 Å². The van der Waals surface area contributed by atoms with Crippen molar-refractivity contribution < 1.29 is 9.21 Å². The number of hydrogen-bond donors (Lipinski definition) is 0. The maximum atomic E-state index is 12.8. The van der Waals surface area contributed by atoms with Gasteiger partial charge in [-0.25, -0.2) is 0 Å². The van der Waals surface area contributed by atoms with Crippen molar-refractivity contribution in [3.05, 3.63) is 11.8 Å². The molecule has 0 spiro atoms. The first kappa shape index (κ1) is 19.9. The second-order valence-corrected chi connectivity index (χ2v) is 10.1. The van der Waals surface area contributed by atoms with Gasteiger partial charge in [-0.3, -0.25) is 9.69 Å². The van der Waals surface area contributed by atoms with Crippen LogP contribution in [0.2, 0.25) is 0 Å². The van der Waals surface area contributed by atoms with Gasteiger partial charge in [-0.2, -0.15) is 0 Å². The molecule has 1 aromatic rings. The Morgan fingerprint density at radius 3 is 2.39 bits per heavy atom. The molecule has 28 heavy (non-hydrogen) atoms. The molecular weight excluding hydrogens is 352 g/mol. The highest BCUT2D eigenvalue weighted by Crippen LogP contribution is 2.36. The van der Waals surface area contributed by atoms with E-state index in [2.05, 4.69) is 40.8 Å². The molecule has 0 bridgehead atoms. The lowest BCUT2D eigenvalue weighted by molar-refractivity contribution is -0.136. The highest BCUT2D eigenvalue weighted by molar-refractivity contribution is 5.81. The van der Waals surface area contributed by atoms with Crippen molar-refractivity contribution in [3.63, 3.8) is 0 Å². The minimum absolute atomic E-state index is 0.102. The number of piperidine rings is 1. The van der Waals surface area contributed by atoms with Gasteiger partial charge in [-0.1, -0.05) is 33.6 Å². The molecular formula is C22H36N4O2. The van der Waals surface area contributed by atoms with Crippen LogP contribution in [0.1, 0.15) is 83.9 Å². The van der Waals surface area contributed by atoms with Gasteiger partial charge in [0.2, 0.25) is 17.7 Å². The Labute approximate surface area is 169 Å². The van der Waals surface area contributed by atoms with Crippen LogP contribution in [-0.2, 0) is 16.8 Å². The van der Waals surface area contributed by atoms with Crippen LogP contribution < -0.4 is 0 Å². The van der Waals surface area contributed by atoms with Gasteiger partial charge in [-0.05, 0) is 57.5 Å². The summed E-state index contributed by atoms with van der Waals surface area (Å²) in [6.07, 6.45) is 9.48. The molecule has 1 saturated carbocycles. The molecule has 1 aromatic heterocycles. The third kappa shape index (κ3) is 4.58. The van der Waals surface area contributed by atoms with Crippen LogP contribution in [0.15, 0.2) is 4.42 Å². The zero-order valence-corrected chi connectivity index (χ0v) is 17.8. The molecule has 1 amide bonds. The predicted octanol–water partition coefficient (Wildman–Crippen LogP) is 3.76. The average Bonchev–Trinajstić information content (AvgIpc) is 3.44. The van der Waals surface area contributed by atoms with Crippen LogP contribution in [0.3, 0.4) is 0 Å². The Morgan fingerprint density at radius 2 is 1.75 bits per heavy atom. The smallest absolute Gasteiger partial charge is 0.230 e. The molecule has 0 radical (unpaired) electrons. The van der Waals surface area contributed by atoms with Gasteiger partial charge in [-0.15, -0.1) is 10.2 Å². The van der Waals surface area contributed by atoms with Gasteiger partial charge in [0.05, 0.1) is 6.54 Å². The third-order valence-electron chi connectivity index (χ3n) is 6.65. The van der Waals surface area contributed by atoms with E-state index < -0.39 is 0 Å². The standard InChI is InChI=1S/C22H36N4O2/c1-22(2,3)21-24-23-19(28-21)15-25-13-10-16(11-14-25)18-7-5-4-6-12-26(18)20(27)17-8-9-17/h16-18H,4-15H2,1-3H3. The minimum atomic E-state index is -0.102. The van der Waals surface area contributed by atoms with Crippen molar-refractivity contribution in [2.75, 3.05) is 19.6 Å². The first-order valence-corrected chi connectivity index (χ1v) is 11.3. The number of likely N-dealkylation sites (tertiary alicyclic amines) is 2. The lowest BCUT2D eigenvalue weighted by atomic mass is 9.86. The summed E-state index contributed by atoms with van der Waals surface area (Å²) in [5.41, 5.74) is -0.102. The molecule has 1 atom stereocenters. The fraction of sp³-hybridized carbons (Fsp3) is 0.864. The molecule has 0 N–H and O–H groups in total. The molecule has 3 heterocycles. The van der Waals surface area contributed by atoms with E-state index in [1.165, 1.54) is 38.5 Å². The van der Waals surface area contributed by atoms with Gasteiger partial charge in [0, 0.05) is 23.9 Å². The zero-order valence-electron chi connectivity index (χ0n) is 17.8. The maximum Gasteiger partial charge on any atom is 0.230 e. The van der Waals surface area contributed by atoms with Crippen LogP contribution in [0.25, 0.3) is 0 Å². The summed E-state index contributed by atoms with van der Waals surface area (Å²) in [7, 11) is 0. The number of carbonyl (C=O) groups is 1.